The molecule has 1 N–H and O–H groups in total. The normalized spacial score (nSPS) is 22.8. The van der Waals surface area contributed by atoms with Crippen molar-refractivity contribution in [3.8, 4) is 11.8 Å². The smallest absolute Gasteiger partial charge is 0.318 e. The Morgan fingerprint density at radius 1 is 1.20 bits per heavy atom. The van der Waals surface area contributed by atoms with Crippen LogP contribution in [0.3, 0.4) is 0 Å². The number of phenols is 1. The Bertz CT molecular complexity index is 1090. The highest BCUT2D eigenvalue weighted by molar-refractivity contribution is 5.52. The molecular weight excluding hydrogens is 447 g/mol. The van der Waals surface area contributed by atoms with Crippen LogP contribution >= 0.6 is 0 Å². The van der Waals surface area contributed by atoms with Crippen LogP contribution in [0.2, 0.25) is 0 Å². The van der Waals surface area contributed by atoms with Crippen LogP contribution in [-0.4, -0.2) is 70.7 Å². The van der Waals surface area contributed by atoms with Crippen LogP contribution < -0.4 is 9.64 Å². The van der Waals surface area contributed by atoms with Crippen molar-refractivity contribution < 1.29 is 14.2 Å². The number of anilines is 1. The molecular formula is C26H33FN6O2. The van der Waals surface area contributed by atoms with E-state index in [1.165, 1.54) is 24.6 Å². The minimum Gasteiger partial charge on any atom is -0.508 e. The Labute approximate surface area is 206 Å². The van der Waals surface area contributed by atoms with Crippen molar-refractivity contribution >= 4 is 5.82 Å². The maximum Gasteiger partial charge on any atom is 0.318 e. The van der Waals surface area contributed by atoms with Crippen LogP contribution in [0.25, 0.3) is 4.85 Å². The number of hydrogen-bond acceptors (Lipinski definition) is 7. The van der Waals surface area contributed by atoms with Crippen molar-refractivity contribution in [3.63, 3.8) is 0 Å². The van der Waals surface area contributed by atoms with Crippen LogP contribution in [-0.2, 0) is 19.6 Å². The van der Waals surface area contributed by atoms with Gasteiger partial charge in [0.05, 0.1) is 5.69 Å². The zero-order chi connectivity index (χ0) is 24.4. The molecule has 3 aliphatic rings. The fourth-order valence-electron chi connectivity index (χ4n) is 5.54. The summed E-state index contributed by atoms with van der Waals surface area (Å²) in [5, 5.41) is 10.2. The molecule has 35 heavy (non-hydrogen) atoms. The number of ether oxygens (including phenoxy) is 1. The van der Waals surface area contributed by atoms with Gasteiger partial charge in [0.15, 0.2) is 0 Å². The number of halogens is 1. The van der Waals surface area contributed by atoms with Crippen LogP contribution in [0.4, 0.5) is 10.2 Å². The van der Waals surface area contributed by atoms with Gasteiger partial charge in [0.1, 0.15) is 24.0 Å². The zero-order valence-corrected chi connectivity index (χ0v) is 20.3. The number of hydrogen-bond donors (Lipinski definition) is 1. The Kier molecular flexibility index (Phi) is 7.02. The molecule has 5 rings (SSSR count). The Hall–Kier alpha value is -2.96. The van der Waals surface area contributed by atoms with E-state index in [-0.39, 0.29) is 12.3 Å². The van der Waals surface area contributed by atoms with Crippen molar-refractivity contribution in [2.24, 2.45) is 5.92 Å². The number of aromatic hydroxyl groups is 1. The van der Waals surface area contributed by atoms with Gasteiger partial charge < -0.3 is 24.5 Å². The number of phenolic OH excluding ortho intramolecular Hbond substituents is 1. The van der Waals surface area contributed by atoms with E-state index in [4.69, 9.17) is 21.3 Å². The Morgan fingerprint density at radius 3 is 2.83 bits per heavy atom. The summed E-state index contributed by atoms with van der Waals surface area (Å²) in [6, 6.07) is 5.17. The van der Waals surface area contributed by atoms with Gasteiger partial charge in [-0.05, 0) is 51.4 Å². The molecule has 0 spiro atoms. The van der Waals surface area contributed by atoms with Crippen molar-refractivity contribution in [1.82, 2.24) is 19.8 Å². The zero-order valence-electron chi connectivity index (χ0n) is 20.3. The maximum absolute atomic E-state index is 14.4. The first-order chi connectivity index (χ1) is 17.0. The van der Waals surface area contributed by atoms with Crippen LogP contribution in [0.1, 0.15) is 42.5 Å². The number of aromatic nitrogens is 2. The van der Waals surface area contributed by atoms with E-state index in [0.717, 1.165) is 56.0 Å². The van der Waals surface area contributed by atoms with E-state index >= 15 is 0 Å². The number of likely N-dealkylation sites (N-methyl/N-ethyl adjacent to an activating group) is 1. The summed E-state index contributed by atoms with van der Waals surface area (Å²) in [7, 11) is 2.12. The number of nitrogens with zero attached hydrogens (tertiary/aromatic N) is 6. The van der Waals surface area contributed by atoms with Crippen molar-refractivity contribution in [2.45, 2.75) is 51.4 Å². The highest BCUT2D eigenvalue weighted by Crippen LogP contribution is 2.35. The number of likely N-dealkylation sites (tertiary alicyclic amines) is 1. The highest BCUT2D eigenvalue weighted by atomic mass is 19.1. The molecule has 0 radical (unpaired) electrons. The average Bonchev–Trinajstić information content (AvgIpc) is 3.45. The summed E-state index contributed by atoms with van der Waals surface area (Å²) < 4.78 is 20.5. The lowest BCUT2D eigenvalue weighted by molar-refractivity contribution is 0.187. The number of fused-ring (bicyclic) bond motifs is 1. The first kappa shape index (κ1) is 23.8. The summed E-state index contributed by atoms with van der Waals surface area (Å²) in [5.74, 6) is 0.765. The van der Waals surface area contributed by atoms with E-state index < -0.39 is 5.82 Å². The van der Waals surface area contributed by atoms with Crippen LogP contribution in [0.5, 0.6) is 11.8 Å². The topological polar surface area (TPSA) is 69.3 Å². The highest BCUT2D eigenvalue weighted by Gasteiger charge is 2.32. The molecule has 2 aromatic rings. The summed E-state index contributed by atoms with van der Waals surface area (Å²) >= 11 is 0. The molecule has 0 bridgehead atoms. The molecule has 1 aromatic carbocycles. The fourth-order valence-corrected chi connectivity index (χ4v) is 5.54. The van der Waals surface area contributed by atoms with E-state index in [9.17, 15) is 9.50 Å². The van der Waals surface area contributed by atoms with E-state index in [1.807, 2.05) is 0 Å². The van der Waals surface area contributed by atoms with Crippen LogP contribution in [0.15, 0.2) is 18.2 Å². The molecule has 2 saturated heterocycles. The minimum atomic E-state index is -0.407. The Morgan fingerprint density at radius 2 is 2.06 bits per heavy atom. The first-order valence-electron chi connectivity index (χ1n) is 12.5. The van der Waals surface area contributed by atoms with Gasteiger partial charge in [-0.1, -0.05) is 6.07 Å². The molecule has 0 unspecified atom stereocenters. The maximum atomic E-state index is 14.4. The molecule has 4 heterocycles. The van der Waals surface area contributed by atoms with E-state index in [0.29, 0.717) is 49.8 Å². The lowest BCUT2D eigenvalue weighted by atomic mass is 9.98. The standard InChI is InChI=1S/C26H33FN6O2/c1-28-12-18-6-4-11-33(13-18)25-21-15-32(14-20-22(27)8-3-9-24(20)34)16-23(21)29-26(30-25)35-17-19-7-5-10-31(19)2/h3,8-9,18-19,34H,4-7,10-17H2,2H3/t18-,19-/m0/s1. The predicted molar refractivity (Wildman–Crippen MR) is 131 cm³/mol. The van der Waals surface area contributed by atoms with Crippen molar-refractivity contribution in [1.29, 1.82) is 0 Å². The third-order valence-corrected chi connectivity index (χ3v) is 7.53. The van der Waals surface area contributed by atoms with Gasteiger partial charge in [-0.25, -0.2) is 11.0 Å². The van der Waals surface area contributed by atoms with Crippen molar-refractivity contribution in [2.75, 3.05) is 44.7 Å². The van der Waals surface area contributed by atoms with Gasteiger partial charge in [0.25, 0.3) is 0 Å². The number of rotatable bonds is 7. The Balaban J connectivity index is 1.40. The molecule has 186 valence electrons. The first-order valence-corrected chi connectivity index (χ1v) is 12.5. The summed E-state index contributed by atoms with van der Waals surface area (Å²) in [4.78, 5) is 19.9. The fraction of sp³-hybridized carbons (Fsp3) is 0.577. The molecule has 2 atom stereocenters. The third-order valence-electron chi connectivity index (χ3n) is 7.53. The lowest BCUT2D eigenvalue weighted by Gasteiger charge is -2.32. The summed E-state index contributed by atoms with van der Waals surface area (Å²) in [5.41, 5.74) is 2.23. The van der Waals surface area contributed by atoms with E-state index in [1.54, 1.807) is 0 Å². The second-order valence-corrected chi connectivity index (χ2v) is 10.0. The molecule has 9 heteroatoms. The monoisotopic (exact) mass is 480 g/mol. The van der Waals surface area contributed by atoms with Gasteiger partial charge in [0, 0.05) is 55.8 Å². The average molecular weight is 481 g/mol. The molecule has 8 nitrogen and oxygen atoms in total. The van der Waals surface area contributed by atoms with Gasteiger partial charge in [0.2, 0.25) is 6.54 Å². The minimum absolute atomic E-state index is 0.0324. The van der Waals surface area contributed by atoms with Crippen LogP contribution in [0, 0.1) is 18.3 Å². The second kappa shape index (κ2) is 10.3. The van der Waals surface area contributed by atoms with Gasteiger partial charge >= 0.3 is 6.01 Å². The quantitative estimate of drug-likeness (QED) is 0.609. The number of piperidine rings is 1. The predicted octanol–water partition coefficient (Wildman–Crippen LogP) is 3.45. The molecule has 0 saturated carbocycles. The largest absolute Gasteiger partial charge is 0.508 e. The summed E-state index contributed by atoms with van der Waals surface area (Å²) in [6.07, 6.45) is 4.37. The van der Waals surface area contributed by atoms with Gasteiger partial charge in [-0.15, -0.1) is 0 Å². The second-order valence-electron chi connectivity index (χ2n) is 10.0. The van der Waals surface area contributed by atoms with Gasteiger partial charge in [-0.3, -0.25) is 4.90 Å². The van der Waals surface area contributed by atoms with E-state index in [2.05, 4.69) is 26.6 Å². The summed E-state index contributed by atoms with van der Waals surface area (Å²) in [6.45, 7) is 12.5. The molecule has 0 amide bonds. The number of benzene rings is 1. The lowest BCUT2D eigenvalue weighted by Crippen LogP contribution is -2.38. The third kappa shape index (κ3) is 5.19. The SMILES string of the molecule is [C-]#[N+]C[C@@H]1CCCN(c2nc(OC[C@@H]3CCCN3C)nc3c2CN(Cc2c(O)cccc2F)C3)C1. The molecule has 1 aromatic heterocycles. The molecule has 3 aliphatic heterocycles. The van der Waals surface area contributed by atoms with Gasteiger partial charge in [-0.2, -0.15) is 9.97 Å². The molecule has 0 aliphatic carbocycles. The van der Waals surface area contributed by atoms with Crippen molar-refractivity contribution in [3.05, 3.63) is 52.3 Å². The molecule has 2 fully saturated rings.